The SMILES string of the molecule is CC(C)N1CCCC(Cc2oncc2N)C1. The van der Waals surface area contributed by atoms with Gasteiger partial charge in [0.1, 0.15) is 0 Å². The molecule has 2 N–H and O–H groups in total. The van der Waals surface area contributed by atoms with Crippen molar-refractivity contribution in [1.82, 2.24) is 10.1 Å². The summed E-state index contributed by atoms with van der Waals surface area (Å²) in [6, 6.07) is 0.634. The molecule has 0 bridgehead atoms. The molecule has 1 fully saturated rings. The van der Waals surface area contributed by atoms with Crippen LogP contribution in [-0.4, -0.2) is 29.2 Å². The summed E-state index contributed by atoms with van der Waals surface area (Å²) in [4.78, 5) is 2.53. The summed E-state index contributed by atoms with van der Waals surface area (Å²) in [5.41, 5.74) is 6.48. The molecule has 1 aromatic rings. The molecule has 0 aliphatic carbocycles. The predicted octanol–water partition coefficient (Wildman–Crippen LogP) is 1.92. The van der Waals surface area contributed by atoms with Crippen molar-refractivity contribution in [3.63, 3.8) is 0 Å². The van der Waals surface area contributed by atoms with Gasteiger partial charge in [0, 0.05) is 19.0 Å². The number of anilines is 1. The number of aromatic nitrogens is 1. The number of nitrogens with zero attached hydrogens (tertiary/aromatic N) is 2. The highest BCUT2D eigenvalue weighted by Crippen LogP contribution is 2.24. The van der Waals surface area contributed by atoms with Crippen molar-refractivity contribution in [3.8, 4) is 0 Å². The maximum Gasteiger partial charge on any atom is 0.159 e. The van der Waals surface area contributed by atoms with Gasteiger partial charge < -0.3 is 15.2 Å². The van der Waals surface area contributed by atoms with Gasteiger partial charge in [-0.25, -0.2) is 0 Å². The molecule has 1 aliphatic rings. The van der Waals surface area contributed by atoms with E-state index in [4.69, 9.17) is 10.3 Å². The second kappa shape index (κ2) is 4.87. The first-order chi connectivity index (χ1) is 7.66. The van der Waals surface area contributed by atoms with Crippen LogP contribution in [0.4, 0.5) is 5.69 Å². The highest BCUT2D eigenvalue weighted by molar-refractivity contribution is 5.38. The third-order valence-electron chi connectivity index (χ3n) is 3.43. The van der Waals surface area contributed by atoms with Crippen LogP contribution in [0.2, 0.25) is 0 Å². The largest absolute Gasteiger partial charge is 0.395 e. The Hall–Kier alpha value is -1.03. The molecule has 4 heteroatoms. The summed E-state index contributed by atoms with van der Waals surface area (Å²) in [6.07, 6.45) is 5.06. The molecule has 1 atom stereocenters. The Morgan fingerprint density at radius 1 is 1.62 bits per heavy atom. The van der Waals surface area contributed by atoms with Crippen molar-refractivity contribution < 1.29 is 4.52 Å². The number of piperidine rings is 1. The van der Waals surface area contributed by atoms with E-state index in [-0.39, 0.29) is 0 Å². The fourth-order valence-electron chi connectivity index (χ4n) is 2.42. The lowest BCUT2D eigenvalue weighted by molar-refractivity contribution is 0.135. The maximum absolute atomic E-state index is 5.78. The third kappa shape index (κ3) is 2.55. The molecule has 1 aliphatic heterocycles. The molecule has 2 rings (SSSR count). The van der Waals surface area contributed by atoms with Crippen LogP contribution in [-0.2, 0) is 6.42 Å². The van der Waals surface area contributed by atoms with E-state index in [9.17, 15) is 0 Å². The van der Waals surface area contributed by atoms with Crippen LogP contribution in [0.1, 0.15) is 32.4 Å². The minimum atomic E-state index is 0.634. The van der Waals surface area contributed by atoms with E-state index >= 15 is 0 Å². The molecule has 0 amide bonds. The molecule has 1 aromatic heterocycles. The summed E-state index contributed by atoms with van der Waals surface area (Å²) in [7, 11) is 0. The Kier molecular flexibility index (Phi) is 3.49. The Bertz CT molecular complexity index is 335. The second-order valence-electron chi connectivity index (χ2n) is 5.01. The number of nitrogens with two attached hydrogens (primary N) is 1. The summed E-state index contributed by atoms with van der Waals surface area (Å²) in [5.74, 6) is 1.52. The van der Waals surface area contributed by atoms with Gasteiger partial charge in [-0.3, -0.25) is 0 Å². The monoisotopic (exact) mass is 223 g/mol. The standard InChI is InChI=1S/C12H21N3O/c1-9(2)15-5-3-4-10(8-15)6-12-11(13)7-14-16-12/h7,9-10H,3-6,8,13H2,1-2H3. The first-order valence-electron chi connectivity index (χ1n) is 6.10. The average Bonchev–Trinajstić information content (AvgIpc) is 2.65. The number of hydrogen-bond acceptors (Lipinski definition) is 4. The first-order valence-corrected chi connectivity index (χ1v) is 6.10. The highest BCUT2D eigenvalue weighted by atomic mass is 16.5. The fourth-order valence-corrected chi connectivity index (χ4v) is 2.42. The van der Waals surface area contributed by atoms with Gasteiger partial charge in [-0.1, -0.05) is 5.16 Å². The third-order valence-corrected chi connectivity index (χ3v) is 3.43. The van der Waals surface area contributed by atoms with E-state index < -0.39 is 0 Å². The lowest BCUT2D eigenvalue weighted by Gasteiger charge is -2.35. The van der Waals surface area contributed by atoms with Gasteiger partial charge in [-0.05, 0) is 39.2 Å². The van der Waals surface area contributed by atoms with E-state index in [1.807, 2.05) is 0 Å². The number of likely N-dealkylation sites (tertiary alicyclic amines) is 1. The van der Waals surface area contributed by atoms with Gasteiger partial charge in [0.15, 0.2) is 5.76 Å². The zero-order chi connectivity index (χ0) is 11.5. The van der Waals surface area contributed by atoms with Gasteiger partial charge in [0.25, 0.3) is 0 Å². The topological polar surface area (TPSA) is 55.3 Å². The molecule has 0 spiro atoms. The molecular formula is C12H21N3O. The smallest absolute Gasteiger partial charge is 0.159 e. The van der Waals surface area contributed by atoms with Gasteiger partial charge in [0.2, 0.25) is 0 Å². The van der Waals surface area contributed by atoms with Crippen LogP contribution in [0, 0.1) is 5.92 Å². The van der Waals surface area contributed by atoms with E-state index in [0.29, 0.717) is 17.6 Å². The molecule has 2 heterocycles. The molecule has 90 valence electrons. The second-order valence-corrected chi connectivity index (χ2v) is 5.01. The fraction of sp³-hybridized carbons (Fsp3) is 0.750. The molecule has 1 unspecified atom stereocenters. The zero-order valence-electron chi connectivity index (χ0n) is 10.1. The van der Waals surface area contributed by atoms with Crippen LogP contribution in [0.25, 0.3) is 0 Å². The van der Waals surface area contributed by atoms with Crippen molar-refractivity contribution in [2.75, 3.05) is 18.8 Å². The quantitative estimate of drug-likeness (QED) is 0.850. The van der Waals surface area contributed by atoms with Crippen molar-refractivity contribution in [2.24, 2.45) is 5.92 Å². The van der Waals surface area contributed by atoms with Crippen LogP contribution in [0.5, 0.6) is 0 Å². The Labute approximate surface area is 96.8 Å². The van der Waals surface area contributed by atoms with Gasteiger partial charge in [-0.2, -0.15) is 0 Å². The van der Waals surface area contributed by atoms with Crippen molar-refractivity contribution in [1.29, 1.82) is 0 Å². The Balaban J connectivity index is 1.93. The number of nitrogen functional groups attached to an aromatic ring is 1. The maximum atomic E-state index is 5.78. The van der Waals surface area contributed by atoms with Crippen molar-refractivity contribution >= 4 is 5.69 Å². The first kappa shape index (κ1) is 11.5. The minimum Gasteiger partial charge on any atom is -0.395 e. The van der Waals surface area contributed by atoms with Crippen molar-refractivity contribution in [2.45, 2.75) is 39.2 Å². The van der Waals surface area contributed by atoms with Crippen molar-refractivity contribution in [3.05, 3.63) is 12.0 Å². The summed E-state index contributed by atoms with van der Waals surface area (Å²) in [5, 5.41) is 3.73. The zero-order valence-corrected chi connectivity index (χ0v) is 10.1. The molecule has 0 saturated carbocycles. The van der Waals surface area contributed by atoms with E-state index in [2.05, 4.69) is 23.9 Å². The lowest BCUT2D eigenvalue weighted by Crippen LogP contribution is -2.40. The van der Waals surface area contributed by atoms with Crippen LogP contribution >= 0.6 is 0 Å². The molecular weight excluding hydrogens is 202 g/mol. The van der Waals surface area contributed by atoms with Crippen LogP contribution in [0.3, 0.4) is 0 Å². The summed E-state index contributed by atoms with van der Waals surface area (Å²) < 4.78 is 5.17. The van der Waals surface area contributed by atoms with Gasteiger partial charge >= 0.3 is 0 Å². The molecule has 4 nitrogen and oxygen atoms in total. The molecule has 0 aromatic carbocycles. The Morgan fingerprint density at radius 2 is 2.44 bits per heavy atom. The normalized spacial score (nSPS) is 22.8. The van der Waals surface area contributed by atoms with E-state index in [1.54, 1.807) is 6.20 Å². The Morgan fingerprint density at radius 3 is 3.06 bits per heavy atom. The molecule has 1 saturated heterocycles. The van der Waals surface area contributed by atoms with Gasteiger partial charge in [-0.15, -0.1) is 0 Å². The van der Waals surface area contributed by atoms with Gasteiger partial charge in [0.05, 0.1) is 11.9 Å². The minimum absolute atomic E-state index is 0.634. The summed E-state index contributed by atoms with van der Waals surface area (Å²) in [6.45, 7) is 6.88. The molecule has 16 heavy (non-hydrogen) atoms. The predicted molar refractivity (Wildman–Crippen MR) is 64.1 cm³/mol. The number of rotatable bonds is 3. The summed E-state index contributed by atoms with van der Waals surface area (Å²) >= 11 is 0. The molecule has 0 radical (unpaired) electrons. The van der Waals surface area contributed by atoms with E-state index in [1.165, 1.54) is 19.4 Å². The van der Waals surface area contributed by atoms with Crippen LogP contribution in [0.15, 0.2) is 10.7 Å². The van der Waals surface area contributed by atoms with Crippen LogP contribution < -0.4 is 5.73 Å². The number of hydrogen-bond donors (Lipinski definition) is 1. The lowest BCUT2D eigenvalue weighted by atomic mass is 9.93. The highest BCUT2D eigenvalue weighted by Gasteiger charge is 2.23. The van der Waals surface area contributed by atoms with E-state index in [0.717, 1.165) is 18.7 Å². The average molecular weight is 223 g/mol.